The first-order valence-corrected chi connectivity index (χ1v) is 9.41. The van der Waals surface area contributed by atoms with Crippen molar-refractivity contribution >= 4 is 17.3 Å². The maximum absolute atomic E-state index is 12.9. The molecule has 1 amide bonds. The first kappa shape index (κ1) is 17.9. The van der Waals surface area contributed by atoms with E-state index in [-0.39, 0.29) is 18.0 Å². The molecule has 0 fully saturated rings. The topological polar surface area (TPSA) is 57.6 Å². The van der Waals surface area contributed by atoms with Gasteiger partial charge >= 0.3 is 0 Å². The second-order valence-electron chi connectivity index (χ2n) is 6.81. The molecular formula is C23H22N4O. The number of anilines is 1. The molecular weight excluding hydrogens is 348 g/mol. The van der Waals surface area contributed by atoms with E-state index in [2.05, 4.69) is 27.5 Å². The van der Waals surface area contributed by atoms with E-state index in [0.717, 1.165) is 16.9 Å². The highest BCUT2D eigenvalue weighted by Gasteiger charge is 2.32. The molecule has 0 radical (unpaired) electrons. The van der Waals surface area contributed by atoms with Crippen molar-refractivity contribution in [3.05, 3.63) is 96.3 Å². The normalized spacial score (nSPS) is 17.1. The Morgan fingerprint density at radius 2 is 1.68 bits per heavy atom. The zero-order chi connectivity index (χ0) is 19.3. The largest absolute Gasteiger partial charge is 0.343 e. The first-order valence-electron chi connectivity index (χ1n) is 9.41. The van der Waals surface area contributed by atoms with Gasteiger partial charge in [-0.25, -0.2) is 0 Å². The maximum atomic E-state index is 12.9. The molecule has 5 heteroatoms. The van der Waals surface area contributed by atoms with Crippen LogP contribution in [0.2, 0.25) is 0 Å². The fraction of sp³-hybridized carbons (Fsp3) is 0.174. The molecule has 0 aliphatic carbocycles. The lowest BCUT2D eigenvalue weighted by molar-refractivity contribution is -0.115. The van der Waals surface area contributed by atoms with Gasteiger partial charge in [-0.2, -0.15) is 5.10 Å². The van der Waals surface area contributed by atoms with Crippen molar-refractivity contribution in [3.63, 3.8) is 0 Å². The quantitative estimate of drug-likeness (QED) is 0.730. The minimum atomic E-state index is -0.183. The molecule has 1 aromatic heterocycles. The minimum absolute atomic E-state index is 0.00509. The van der Waals surface area contributed by atoms with Crippen molar-refractivity contribution in [3.8, 4) is 0 Å². The number of aromatic nitrogens is 1. The fourth-order valence-corrected chi connectivity index (χ4v) is 3.39. The summed E-state index contributed by atoms with van der Waals surface area (Å²) in [6, 6.07) is 25.6. The van der Waals surface area contributed by atoms with E-state index in [1.165, 1.54) is 0 Å². The SMILES string of the molecule is C[C@@H](NC(=O)C1=NN(c2ccccc2)[C@@H](c2ccccc2)C1)c1ccccn1. The zero-order valence-electron chi connectivity index (χ0n) is 15.7. The Morgan fingerprint density at radius 3 is 2.36 bits per heavy atom. The van der Waals surface area contributed by atoms with Crippen LogP contribution in [-0.4, -0.2) is 16.6 Å². The molecule has 2 atom stereocenters. The molecule has 1 aliphatic heterocycles. The van der Waals surface area contributed by atoms with Crippen molar-refractivity contribution in [2.75, 3.05) is 5.01 Å². The Bertz CT molecular complexity index is 958. The molecule has 0 unspecified atom stereocenters. The lowest BCUT2D eigenvalue weighted by Crippen LogP contribution is -2.33. The second kappa shape index (κ2) is 8.05. The van der Waals surface area contributed by atoms with Crippen LogP contribution < -0.4 is 10.3 Å². The number of hydrogen-bond acceptors (Lipinski definition) is 4. The smallest absolute Gasteiger partial charge is 0.268 e. The highest BCUT2D eigenvalue weighted by atomic mass is 16.2. The molecule has 28 heavy (non-hydrogen) atoms. The summed E-state index contributed by atoms with van der Waals surface area (Å²) in [5, 5.41) is 9.64. The Balaban J connectivity index is 1.58. The number of hydrazone groups is 1. The number of nitrogens with zero attached hydrogens (tertiary/aromatic N) is 3. The molecule has 0 saturated heterocycles. The van der Waals surface area contributed by atoms with Crippen LogP contribution in [0.4, 0.5) is 5.69 Å². The number of nitrogens with one attached hydrogen (secondary N) is 1. The lowest BCUT2D eigenvalue weighted by Gasteiger charge is -2.23. The standard InChI is InChI=1S/C23H22N4O/c1-17(20-14-8-9-15-24-20)25-23(28)21-16-22(18-10-4-2-5-11-18)27(26-21)19-12-6-3-7-13-19/h2-15,17,22H,16H2,1H3,(H,25,28)/t17-,22-/m1/s1. The number of para-hydroxylation sites is 1. The van der Waals surface area contributed by atoms with E-state index >= 15 is 0 Å². The lowest BCUT2D eigenvalue weighted by atomic mass is 10.0. The summed E-state index contributed by atoms with van der Waals surface area (Å²) in [7, 11) is 0. The molecule has 2 aromatic carbocycles. The monoisotopic (exact) mass is 370 g/mol. The molecule has 1 N–H and O–H groups in total. The van der Waals surface area contributed by atoms with Gasteiger partial charge in [-0.1, -0.05) is 54.6 Å². The summed E-state index contributed by atoms with van der Waals surface area (Å²) in [5.41, 5.74) is 3.46. The van der Waals surface area contributed by atoms with Gasteiger partial charge in [0.05, 0.1) is 23.5 Å². The summed E-state index contributed by atoms with van der Waals surface area (Å²) in [6.45, 7) is 1.93. The maximum Gasteiger partial charge on any atom is 0.268 e. The van der Waals surface area contributed by atoms with Crippen LogP contribution in [-0.2, 0) is 4.79 Å². The predicted octanol–water partition coefficient (Wildman–Crippen LogP) is 4.27. The summed E-state index contributed by atoms with van der Waals surface area (Å²) < 4.78 is 0. The molecule has 0 saturated carbocycles. The highest BCUT2D eigenvalue weighted by Crippen LogP contribution is 2.35. The Hall–Kier alpha value is -3.47. The number of pyridine rings is 1. The van der Waals surface area contributed by atoms with Crippen LogP contribution in [0, 0.1) is 0 Å². The van der Waals surface area contributed by atoms with Gasteiger partial charge in [-0.3, -0.25) is 14.8 Å². The number of hydrogen-bond donors (Lipinski definition) is 1. The highest BCUT2D eigenvalue weighted by molar-refractivity contribution is 6.39. The Labute approximate surface area is 164 Å². The van der Waals surface area contributed by atoms with Gasteiger partial charge in [0.25, 0.3) is 5.91 Å². The third-order valence-corrected chi connectivity index (χ3v) is 4.86. The van der Waals surface area contributed by atoms with Crippen molar-refractivity contribution in [1.82, 2.24) is 10.3 Å². The molecule has 3 aromatic rings. The van der Waals surface area contributed by atoms with Crippen LogP contribution in [0.1, 0.15) is 36.7 Å². The average Bonchev–Trinajstić information content (AvgIpc) is 3.21. The number of amides is 1. The van der Waals surface area contributed by atoms with Crippen molar-refractivity contribution in [2.45, 2.75) is 25.4 Å². The summed E-state index contributed by atoms with van der Waals surface area (Å²) in [4.78, 5) is 17.2. The summed E-state index contributed by atoms with van der Waals surface area (Å²) in [5.74, 6) is -0.155. The minimum Gasteiger partial charge on any atom is -0.343 e. The van der Waals surface area contributed by atoms with Gasteiger partial charge in [-0.15, -0.1) is 0 Å². The van der Waals surface area contributed by atoms with E-state index < -0.39 is 0 Å². The third kappa shape index (κ3) is 3.78. The van der Waals surface area contributed by atoms with Crippen molar-refractivity contribution in [2.24, 2.45) is 5.10 Å². The van der Waals surface area contributed by atoms with Crippen molar-refractivity contribution in [1.29, 1.82) is 0 Å². The molecule has 2 heterocycles. The van der Waals surface area contributed by atoms with Crippen LogP contribution in [0.25, 0.3) is 0 Å². The molecule has 0 bridgehead atoms. The zero-order valence-corrected chi connectivity index (χ0v) is 15.7. The van der Waals surface area contributed by atoms with E-state index in [1.54, 1.807) is 6.20 Å². The number of carbonyl (C=O) groups is 1. The molecule has 4 rings (SSSR count). The van der Waals surface area contributed by atoms with Gasteiger partial charge in [0.1, 0.15) is 5.71 Å². The van der Waals surface area contributed by atoms with Crippen LogP contribution >= 0.6 is 0 Å². The van der Waals surface area contributed by atoms with Crippen LogP contribution in [0.15, 0.2) is 90.2 Å². The van der Waals surface area contributed by atoms with Gasteiger partial charge in [0.15, 0.2) is 0 Å². The Morgan fingerprint density at radius 1 is 1.00 bits per heavy atom. The van der Waals surface area contributed by atoms with E-state index in [1.807, 2.05) is 78.7 Å². The number of benzene rings is 2. The van der Waals surface area contributed by atoms with E-state index in [0.29, 0.717) is 12.1 Å². The molecule has 0 spiro atoms. The first-order chi connectivity index (χ1) is 13.7. The second-order valence-corrected chi connectivity index (χ2v) is 6.81. The average molecular weight is 370 g/mol. The van der Waals surface area contributed by atoms with Gasteiger partial charge < -0.3 is 5.32 Å². The fourth-order valence-electron chi connectivity index (χ4n) is 3.39. The third-order valence-electron chi connectivity index (χ3n) is 4.86. The van der Waals surface area contributed by atoms with E-state index in [9.17, 15) is 4.79 Å². The number of carbonyl (C=O) groups excluding carboxylic acids is 1. The molecule has 5 nitrogen and oxygen atoms in total. The van der Waals surface area contributed by atoms with Crippen molar-refractivity contribution < 1.29 is 4.79 Å². The van der Waals surface area contributed by atoms with Gasteiger partial charge in [0.2, 0.25) is 0 Å². The molecule has 1 aliphatic rings. The predicted molar refractivity (Wildman–Crippen MR) is 111 cm³/mol. The summed E-state index contributed by atoms with van der Waals surface area (Å²) >= 11 is 0. The van der Waals surface area contributed by atoms with Gasteiger partial charge in [0, 0.05) is 12.6 Å². The number of rotatable bonds is 5. The van der Waals surface area contributed by atoms with E-state index in [4.69, 9.17) is 0 Å². The Kier molecular flexibility index (Phi) is 5.15. The van der Waals surface area contributed by atoms with Gasteiger partial charge in [-0.05, 0) is 36.8 Å². The molecule has 140 valence electrons. The van der Waals surface area contributed by atoms with Crippen LogP contribution in [0.5, 0.6) is 0 Å². The van der Waals surface area contributed by atoms with Crippen LogP contribution in [0.3, 0.4) is 0 Å². The summed E-state index contributed by atoms with van der Waals surface area (Å²) in [6.07, 6.45) is 2.29.